The lowest BCUT2D eigenvalue weighted by Gasteiger charge is -2.44. The van der Waals surface area contributed by atoms with Crippen molar-refractivity contribution in [3.8, 4) is 0 Å². The number of aromatic nitrogens is 2. The molecule has 8 heteroatoms. The largest absolute Gasteiger partial charge is 0.347 e. The number of sulfone groups is 1. The molecule has 0 spiro atoms. The predicted molar refractivity (Wildman–Crippen MR) is 86.4 cm³/mol. The van der Waals surface area contributed by atoms with Crippen LogP contribution in [0.15, 0.2) is 12.5 Å². The molecule has 3 rings (SSSR count). The van der Waals surface area contributed by atoms with Crippen molar-refractivity contribution in [2.75, 3.05) is 24.6 Å². The number of fused-ring (bicyclic) bond motifs is 1. The molecule has 0 aliphatic carbocycles. The van der Waals surface area contributed by atoms with Crippen LogP contribution in [-0.2, 0) is 21.2 Å². The van der Waals surface area contributed by atoms with Gasteiger partial charge >= 0.3 is 0 Å². The lowest BCUT2D eigenvalue weighted by atomic mass is 10.0. The van der Waals surface area contributed by atoms with Crippen LogP contribution in [0, 0.1) is 5.92 Å². The molecule has 128 valence electrons. The van der Waals surface area contributed by atoms with E-state index in [0.29, 0.717) is 26.1 Å². The number of rotatable bonds is 4. The molecule has 0 radical (unpaired) electrons. The lowest BCUT2D eigenvalue weighted by molar-refractivity contribution is -0.137. The van der Waals surface area contributed by atoms with Gasteiger partial charge in [-0.15, -0.1) is 0 Å². The number of carbonyl (C=O) groups is 1. The fourth-order valence-corrected chi connectivity index (χ4v) is 5.60. The summed E-state index contributed by atoms with van der Waals surface area (Å²) in [5.74, 6) is 0.577. The minimum atomic E-state index is -3.10. The molecule has 0 aromatic carbocycles. The van der Waals surface area contributed by atoms with E-state index in [-0.39, 0.29) is 35.4 Å². The molecule has 0 bridgehead atoms. The van der Waals surface area contributed by atoms with E-state index in [4.69, 9.17) is 0 Å². The molecule has 0 saturated carbocycles. The number of carbonyl (C=O) groups excluding carboxylic acids is 1. The molecule has 1 amide bonds. The smallest absolute Gasteiger partial charge is 0.223 e. The monoisotopic (exact) mass is 340 g/mol. The first-order chi connectivity index (χ1) is 10.9. The van der Waals surface area contributed by atoms with Gasteiger partial charge in [0.15, 0.2) is 9.84 Å². The van der Waals surface area contributed by atoms with Crippen LogP contribution in [0.3, 0.4) is 0 Å². The van der Waals surface area contributed by atoms with Crippen LogP contribution in [0.4, 0.5) is 0 Å². The third-order valence-electron chi connectivity index (χ3n) is 4.62. The third-order valence-corrected chi connectivity index (χ3v) is 6.32. The number of aromatic amines is 1. The first kappa shape index (κ1) is 16.4. The van der Waals surface area contributed by atoms with Crippen LogP contribution in [0.5, 0.6) is 0 Å². The quantitative estimate of drug-likeness (QED) is 0.850. The summed E-state index contributed by atoms with van der Waals surface area (Å²) in [6.45, 7) is 5.95. The SMILES string of the molecule is CC(C)CC(=O)N1CCN(Cc2cnc[nH]2)[C@H]2CS(=O)(=O)C[C@H]21. The molecule has 7 nitrogen and oxygen atoms in total. The zero-order valence-electron chi connectivity index (χ0n) is 13.6. The first-order valence-electron chi connectivity index (χ1n) is 8.07. The van der Waals surface area contributed by atoms with Gasteiger partial charge in [0.1, 0.15) is 0 Å². The summed E-state index contributed by atoms with van der Waals surface area (Å²) < 4.78 is 24.3. The van der Waals surface area contributed by atoms with Crippen LogP contribution >= 0.6 is 0 Å². The average Bonchev–Trinajstić information content (AvgIpc) is 3.04. The minimum Gasteiger partial charge on any atom is -0.347 e. The average molecular weight is 340 g/mol. The molecule has 1 aromatic rings. The van der Waals surface area contributed by atoms with E-state index in [2.05, 4.69) is 14.9 Å². The number of hydrogen-bond acceptors (Lipinski definition) is 5. The number of hydrogen-bond donors (Lipinski definition) is 1. The van der Waals surface area contributed by atoms with Crippen LogP contribution < -0.4 is 0 Å². The fourth-order valence-electron chi connectivity index (χ4n) is 3.59. The Labute approximate surface area is 137 Å². The molecule has 2 aliphatic rings. The summed E-state index contributed by atoms with van der Waals surface area (Å²) in [6, 6.07) is -0.337. The Morgan fingerprint density at radius 3 is 2.74 bits per heavy atom. The molecular formula is C15H24N4O3S. The predicted octanol–water partition coefficient (Wildman–Crippen LogP) is 0.266. The Morgan fingerprint density at radius 2 is 2.09 bits per heavy atom. The maximum Gasteiger partial charge on any atom is 0.223 e. The summed E-state index contributed by atoms with van der Waals surface area (Å²) in [5.41, 5.74) is 0.968. The molecule has 2 atom stereocenters. The second-order valence-corrected chi connectivity index (χ2v) is 9.10. The van der Waals surface area contributed by atoms with E-state index in [9.17, 15) is 13.2 Å². The van der Waals surface area contributed by atoms with Gasteiger partial charge in [-0.05, 0) is 5.92 Å². The van der Waals surface area contributed by atoms with Gasteiger partial charge in [0.2, 0.25) is 5.91 Å². The first-order valence-corrected chi connectivity index (χ1v) is 9.89. The molecule has 2 fully saturated rings. The normalized spacial score (nSPS) is 27.3. The van der Waals surface area contributed by atoms with Gasteiger partial charge in [-0.3, -0.25) is 9.69 Å². The van der Waals surface area contributed by atoms with E-state index >= 15 is 0 Å². The molecular weight excluding hydrogens is 316 g/mol. The van der Waals surface area contributed by atoms with E-state index in [1.54, 1.807) is 17.4 Å². The van der Waals surface area contributed by atoms with Gasteiger partial charge in [-0.2, -0.15) is 0 Å². The Bertz CT molecular complexity index is 656. The van der Waals surface area contributed by atoms with Crippen molar-refractivity contribution in [1.82, 2.24) is 19.8 Å². The van der Waals surface area contributed by atoms with Crippen LogP contribution in [0.25, 0.3) is 0 Å². The lowest BCUT2D eigenvalue weighted by Crippen LogP contribution is -2.60. The van der Waals surface area contributed by atoms with E-state index in [1.807, 2.05) is 13.8 Å². The standard InChI is InChI=1S/C15H24N4O3S/c1-11(2)5-15(20)19-4-3-18(7-12-6-16-10-17-12)13-8-23(21,22)9-14(13)19/h6,10-11,13-14H,3-5,7-9H2,1-2H3,(H,16,17)/t13-,14+/m0/s1. The van der Waals surface area contributed by atoms with Gasteiger partial charge in [0.25, 0.3) is 0 Å². The van der Waals surface area contributed by atoms with Crippen molar-refractivity contribution in [3.05, 3.63) is 18.2 Å². The van der Waals surface area contributed by atoms with Crippen molar-refractivity contribution >= 4 is 15.7 Å². The Balaban J connectivity index is 1.78. The summed E-state index contributed by atoms with van der Waals surface area (Å²) >= 11 is 0. The van der Waals surface area contributed by atoms with Gasteiger partial charge in [0, 0.05) is 44.0 Å². The second-order valence-electron chi connectivity index (χ2n) is 6.94. The summed E-state index contributed by atoms with van der Waals surface area (Å²) in [4.78, 5) is 23.5. The van der Waals surface area contributed by atoms with Crippen molar-refractivity contribution in [2.45, 2.75) is 38.9 Å². The number of imidazole rings is 1. The summed E-state index contributed by atoms with van der Waals surface area (Å²) in [6.07, 6.45) is 3.86. The van der Waals surface area contributed by atoms with Crippen molar-refractivity contribution in [3.63, 3.8) is 0 Å². The number of H-pyrrole nitrogens is 1. The third kappa shape index (κ3) is 3.58. The number of piperazine rings is 1. The zero-order chi connectivity index (χ0) is 16.6. The highest BCUT2D eigenvalue weighted by atomic mass is 32.2. The zero-order valence-corrected chi connectivity index (χ0v) is 14.4. The number of nitrogens with zero attached hydrogens (tertiary/aromatic N) is 3. The van der Waals surface area contributed by atoms with E-state index < -0.39 is 9.84 Å². The molecule has 1 N–H and O–H groups in total. The van der Waals surface area contributed by atoms with E-state index in [1.165, 1.54) is 0 Å². The molecule has 2 saturated heterocycles. The van der Waals surface area contributed by atoms with Gasteiger partial charge in [-0.1, -0.05) is 13.8 Å². The van der Waals surface area contributed by atoms with Crippen LogP contribution in [0.1, 0.15) is 26.0 Å². The van der Waals surface area contributed by atoms with Gasteiger partial charge in [-0.25, -0.2) is 13.4 Å². The summed E-state index contributed by atoms with van der Waals surface area (Å²) in [5, 5.41) is 0. The second kappa shape index (κ2) is 6.24. The van der Waals surface area contributed by atoms with Crippen LogP contribution in [0.2, 0.25) is 0 Å². The maximum atomic E-state index is 12.5. The summed E-state index contributed by atoms with van der Waals surface area (Å²) in [7, 11) is -3.10. The van der Waals surface area contributed by atoms with Crippen LogP contribution in [-0.4, -0.2) is 70.8 Å². The Kier molecular flexibility index (Phi) is 4.46. The fraction of sp³-hybridized carbons (Fsp3) is 0.733. The molecule has 23 heavy (non-hydrogen) atoms. The van der Waals surface area contributed by atoms with Crippen molar-refractivity contribution < 1.29 is 13.2 Å². The van der Waals surface area contributed by atoms with Crippen molar-refractivity contribution in [1.29, 1.82) is 0 Å². The molecule has 1 aromatic heterocycles. The van der Waals surface area contributed by atoms with E-state index in [0.717, 1.165) is 5.69 Å². The Morgan fingerprint density at radius 1 is 1.35 bits per heavy atom. The molecule has 2 aliphatic heterocycles. The Hall–Kier alpha value is -1.41. The maximum absolute atomic E-state index is 12.5. The highest BCUT2D eigenvalue weighted by molar-refractivity contribution is 7.91. The van der Waals surface area contributed by atoms with Gasteiger partial charge < -0.3 is 9.88 Å². The minimum absolute atomic E-state index is 0.0771. The number of nitrogens with one attached hydrogen (secondary N) is 1. The molecule has 3 heterocycles. The molecule has 0 unspecified atom stereocenters. The van der Waals surface area contributed by atoms with Crippen molar-refractivity contribution in [2.24, 2.45) is 5.92 Å². The highest BCUT2D eigenvalue weighted by Gasteiger charge is 2.47. The topological polar surface area (TPSA) is 86.4 Å². The highest BCUT2D eigenvalue weighted by Crippen LogP contribution is 2.28. The van der Waals surface area contributed by atoms with Gasteiger partial charge in [0.05, 0.1) is 23.9 Å². The number of amides is 1.